The fourth-order valence-electron chi connectivity index (χ4n) is 0.451. The monoisotopic (exact) mass is 154 g/mol. The second-order valence-corrected chi connectivity index (χ2v) is 1.63. The van der Waals surface area contributed by atoms with Gasteiger partial charge in [0, 0.05) is 6.04 Å². The van der Waals surface area contributed by atoms with Gasteiger partial charge in [0.1, 0.15) is 0 Å². The van der Waals surface area contributed by atoms with Crippen LogP contribution in [-0.2, 0) is 0 Å². The van der Waals surface area contributed by atoms with Gasteiger partial charge < -0.3 is 11.5 Å². The predicted molar refractivity (Wildman–Crippen MR) is 52.0 cm³/mol. The van der Waals surface area contributed by atoms with E-state index < -0.39 is 0 Å². The summed E-state index contributed by atoms with van der Waals surface area (Å²) in [4.78, 5) is 0. The quantitative estimate of drug-likeness (QED) is 0.478. The number of nitrogens with two attached hydrogens (primary N) is 2. The first kappa shape index (κ1) is 12.6. The Morgan fingerprint density at radius 1 is 1.36 bits per heavy atom. The van der Waals surface area contributed by atoms with E-state index >= 15 is 0 Å². The van der Waals surface area contributed by atoms with Crippen LogP contribution in [0.4, 0.5) is 0 Å². The molecule has 0 aliphatic carbocycles. The topological polar surface area (TPSA) is 52.0 Å². The smallest absolute Gasteiger partial charge is 0.0492 e. The van der Waals surface area contributed by atoms with Crippen molar-refractivity contribution in [2.24, 2.45) is 11.5 Å². The summed E-state index contributed by atoms with van der Waals surface area (Å²) in [5, 5.41) is 0. The zero-order valence-electron chi connectivity index (χ0n) is 7.38. The molecule has 0 saturated carbocycles. The van der Waals surface area contributed by atoms with Crippen LogP contribution in [0, 0.1) is 0 Å². The lowest BCUT2D eigenvalue weighted by molar-refractivity contribution is 0.978. The lowest BCUT2D eigenvalue weighted by Gasteiger charge is -2.04. The molecular weight excluding hydrogens is 136 g/mol. The third kappa shape index (κ3) is 5.43. The number of hydrogen-bond donors (Lipinski definition) is 2. The van der Waals surface area contributed by atoms with E-state index in [4.69, 9.17) is 11.5 Å². The molecule has 0 saturated heterocycles. The SMILES string of the molecule is C=C/C(=C/N)C(N)C=C.CC. The first-order valence-corrected chi connectivity index (χ1v) is 3.68. The largest absolute Gasteiger partial charge is 0.404 e. The zero-order valence-corrected chi connectivity index (χ0v) is 7.38. The summed E-state index contributed by atoms with van der Waals surface area (Å²) in [6.07, 6.45) is 4.66. The first-order chi connectivity index (χ1) is 5.26. The maximum absolute atomic E-state index is 5.50. The minimum Gasteiger partial charge on any atom is -0.404 e. The van der Waals surface area contributed by atoms with Gasteiger partial charge in [-0.2, -0.15) is 0 Å². The number of hydrogen-bond acceptors (Lipinski definition) is 2. The summed E-state index contributed by atoms with van der Waals surface area (Å²) in [7, 11) is 0. The van der Waals surface area contributed by atoms with Gasteiger partial charge in [0.15, 0.2) is 0 Å². The summed E-state index contributed by atoms with van der Waals surface area (Å²) >= 11 is 0. The van der Waals surface area contributed by atoms with Gasteiger partial charge in [-0.1, -0.05) is 32.6 Å². The standard InChI is InChI=1S/C7H12N2.C2H6/c1-3-6(5-8)7(9)4-2;1-2/h3-5,7H,1-2,8-9H2;1-2H3/b6-5-;. The molecule has 0 amide bonds. The van der Waals surface area contributed by atoms with Crippen LogP contribution in [0.1, 0.15) is 13.8 Å². The molecular formula is C9H18N2. The van der Waals surface area contributed by atoms with Gasteiger partial charge in [0.25, 0.3) is 0 Å². The van der Waals surface area contributed by atoms with Crippen molar-refractivity contribution in [3.05, 3.63) is 37.1 Å². The van der Waals surface area contributed by atoms with Gasteiger partial charge in [-0.15, -0.1) is 6.58 Å². The van der Waals surface area contributed by atoms with Crippen molar-refractivity contribution in [2.75, 3.05) is 0 Å². The third-order valence-electron chi connectivity index (χ3n) is 1.07. The van der Waals surface area contributed by atoms with Crippen LogP contribution in [0.3, 0.4) is 0 Å². The van der Waals surface area contributed by atoms with Gasteiger partial charge in [-0.05, 0) is 11.8 Å². The fourth-order valence-corrected chi connectivity index (χ4v) is 0.451. The maximum Gasteiger partial charge on any atom is 0.0492 e. The van der Waals surface area contributed by atoms with Gasteiger partial charge in [0.2, 0.25) is 0 Å². The Kier molecular flexibility index (Phi) is 10.3. The van der Waals surface area contributed by atoms with E-state index in [0.29, 0.717) is 0 Å². The second kappa shape index (κ2) is 8.98. The van der Waals surface area contributed by atoms with Crippen molar-refractivity contribution in [1.29, 1.82) is 0 Å². The molecule has 0 aromatic rings. The molecule has 0 heterocycles. The molecule has 0 fully saturated rings. The van der Waals surface area contributed by atoms with Crippen molar-refractivity contribution in [3.8, 4) is 0 Å². The Hall–Kier alpha value is -1.02. The summed E-state index contributed by atoms with van der Waals surface area (Å²) < 4.78 is 0. The zero-order chi connectivity index (χ0) is 9.28. The first-order valence-electron chi connectivity index (χ1n) is 3.68. The Balaban J connectivity index is 0. The van der Waals surface area contributed by atoms with Gasteiger partial charge in [-0.25, -0.2) is 0 Å². The fraction of sp³-hybridized carbons (Fsp3) is 0.333. The average molecular weight is 154 g/mol. The van der Waals surface area contributed by atoms with Crippen molar-refractivity contribution in [2.45, 2.75) is 19.9 Å². The van der Waals surface area contributed by atoms with Gasteiger partial charge in [-0.3, -0.25) is 0 Å². The van der Waals surface area contributed by atoms with Crippen LogP contribution in [0.2, 0.25) is 0 Å². The van der Waals surface area contributed by atoms with E-state index in [-0.39, 0.29) is 6.04 Å². The van der Waals surface area contributed by atoms with Crippen molar-refractivity contribution in [1.82, 2.24) is 0 Å². The van der Waals surface area contributed by atoms with Crippen LogP contribution in [0.5, 0.6) is 0 Å². The van der Waals surface area contributed by atoms with Crippen LogP contribution in [-0.4, -0.2) is 6.04 Å². The maximum atomic E-state index is 5.50. The minimum atomic E-state index is -0.188. The van der Waals surface area contributed by atoms with Crippen molar-refractivity contribution >= 4 is 0 Å². The molecule has 4 N–H and O–H groups in total. The highest BCUT2D eigenvalue weighted by molar-refractivity contribution is 5.25. The predicted octanol–water partition coefficient (Wildman–Crippen LogP) is 1.55. The molecule has 0 aliphatic heterocycles. The van der Waals surface area contributed by atoms with E-state index in [9.17, 15) is 0 Å². The molecule has 0 spiro atoms. The highest BCUT2D eigenvalue weighted by Crippen LogP contribution is 1.98. The Bertz CT molecular complexity index is 136. The molecule has 2 heteroatoms. The Morgan fingerprint density at radius 3 is 1.91 bits per heavy atom. The summed E-state index contributed by atoms with van der Waals surface area (Å²) in [6.45, 7) is 11.0. The molecule has 0 rings (SSSR count). The van der Waals surface area contributed by atoms with Crippen LogP contribution >= 0.6 is 0 Å². The van der Waals surface area contributed by atoms with E-state index in [1.165, 1.54) is 6.20 Å². The molecule has 1 atom stereocenters. The molecule has 0 bridgehead atoms. The Morgan fingerprint density at radius 2 is 1.82 bits per heavy atom. The summed E-state index contributed by atoms with van der Waals surface area (Å²) in [6, 6.07) is -0.188. The van der Waals surface area contributed by atoms with Crippen molar-refractivity contribution in [3.63, 3.8) is 0 Å². The van der Waals surface area contributed by atoms with E-state index in [2.05, 4.69) is 13.2 Å². The molecule has 0 radical (unpaired) electrons. The lowest BCUT2D eigenvalue weighted by Crippen LogP contribution is -2.18. The van der Waals surface area contributed by atoms with E-state index in [0.717, 1.165) is 5.57 Å². The van der Waals surface area contributed by atoms with E-state index in [1.807, 2.05) is 13.8 Å². The molecule has 0 aromatic carbocycles. The third-order valence-corrected chi connectivity index (χ3v) is 1.07. The highest BCUT2D eigenvalue weighted by Gasteiger charge is 1.97. The summed E-state index contributed by atoms with van der Waals surface area (Å²) in [5.41, 5.74) is 11.5. The highest BCUT2D eigenvalue weighted by atomic mass is 14.6. The lowest BCUT2D eigenvalue weighted by atomic mass is 10.1. The molecule has 1 unspecified atom stereocenters. The van der Waals surface area contributed by atoms with Gasteiger partial charge >= 0.3 is 0 Å². The molecule has 0 aliphatic rings. The number of rotatable bonds is 3. The molecule has 2 nitrogen and oxygen atoms in total. The molecule has 11 heavy (non-hydrogen) atoms. The molecule has 64 valence electrons. The van der Waals surface area contributed by atoms with Gasteiger partial charge in [0.05, 0.1) is 0 Å². The van der Waals surface area contributed by atoms with E-state index in [1.54, 1.807) is 12.2 Å². The van der Waals surface area contributed by atoms with Crippen LogP contribution < -0.4 is 11.5 Å². The summed E-state index contributed by atoms with van der Waals surface area (Å²) in [5.74, 6) is 0. The van der Waals surface area contributed by atoms with Crippen LogP contribution in [0.15, 0.2) is 37.1 Å². The second-order valence-electron chi connectivity index (χ2n) is 1.63. The minimum absolute atomic E-state index is 0.188. The molecule has 0 aromatic heterocycles. The Labute approximate surface area is 69.3 Å². The van der Waals surface area contributed by atoms with Crippen molar-refractivity contribution < 1.29 is 0 Å². The van der Waals surface area contributed by atoms with Crippen LogP contribution in [0.25, 0.3) is 0 Å². The average Bonchev–Trinajstić information content (AvgIpc) is 2.10. The normalized spacial score (nSPS) is 12.5.